The Morgan fingerprint density at radius 2 is 1.73 bits per heavy atom. The zero-order valence-corrected chi connectivity index (χ0v) is 6.29. The second-order valence-electron chi connectivity index (χ2n) is 2.69. The summed E-state index contributed by atoms with van der Waals surface area (Å²) in [5.74, 6) is 1.13. The van der Waals surface area contributed by atoms with Gasteiger partial charge in [-0.25, -0.2) is 0 Å². The predicted molar refractivity (Wildman–Crippen MR) is 43.9 cm³/mol. The van der Waals surface area contributed by atoms with Gasteiger partial charge in [0.1, 0.15) is 12.0 Å². The number of rotatable bonds is 3. The molecule has 0 spiro atoms. The Bertz CT molecular complexity index is 261. The molecule has 0 saturated heterocycles. The summed E-state index contributed by atoms with van der Waals surface area (Å²) in [4.78, 5) is 0. The molecule has 1 heteroatoms. The highest BCUT2D eigenvalue weighted by molar-refractivity contribution is 5.16. The summed E-state index contributed by atoms with van der Waals surface area (Å²) in [7, 11) is 0. The monoisotopic (exact) mass is 146 g/mol. The number of allylic oxidation sites excluding steroid dienone is 1. The molecule has 0 aromatic heterocycles. The van der Waals surface area contributed by atoms with Crippen molar-refractivity contribution in [2.75, 3.05) is 0 Å². The van der Waals surface area contributed by atoms with Gasteiger partial charge in [0.15, 0.2) is 0 Å². The van der Waals surface area contributed by atoms with Crippen molar-refractivity contribution in [2.24, 2.45) is 0 Å². The molecule has 0 aliphatic carbocycles. The van der Waals surface area contributed by atoms with Crippen LogP contribution in [0.2, 0.25) is 0 Å². The van der Waals surface area contributed by atoms with E-state index in [2.05, 4.69) is 24.3 Å². The van der Waals surface area contributed by atoms with Gasteiger partial charge in [-0.2, -0.15) is 0 Å². The van der Waals surface area contributed by atoms with Gasteiger partial charge in [0.05, 0.1) is 0 Å². The largest absolute Gasteiger partial charge is 0.463 e. The maximum absolute atomic E-state index is 4.92. The Balaban J connectivity index is 1.90. The summed E-state index contributed by atoms with van der Waals surface area (Å²) >= 11 is 0. The van der Waals surface area contributed by atoms with Crippen LogP contribution in [0.4, 0.5) is 0 Å². The molecule has 2 rings (SSSR count). The Labute approximate surface area is 66.3 Å². The third kappa shape index (κ3) is 1.84. The topological polar surface area (TPSA) is 12.5 Å². The van der Waals surface area contributed by atoms with Gasteiger partial charge in [-0.05, 0) is 12.0 Å². The lowest BCUT2D eigenvalue weighted by atomic mass is 10.1. The van der Waals surface area contributed by atoms with Crippen LogP contribution in [-0.2, 0) is 11.2 Å². The van der Waals surface area contributed by atoms with Crippen molar-refractivity contribution in [1.82, 2.24) is 0 Å². The van der Waals surface area contributed by atoms with Crippen LogP contribution in [0, 0.1) is 0 Å². The van der Waals surface area contributed by atoms with Gasteiger partial charge in [0, 0.05) is 6.42 Å². The zero-order chi connectivity index (χ0) is 7.52. The van der Waals surface area contributed by atoms with Crippen LogP contribution in [-0.4, -0.2) is 0 Å². The van der Waals surface area contributed by atoms with Crippen LogP contribution in [0.15, 0.2) is 42.4 Å². The number of hydrogen-bond donors (Lipinski definition) is 0. The second kappa shape index (κ2) is 2.79. The van der Waals surface area contributed by atoms with Gasteiger partial charge in [-0.15, -0.1) is 0 Å². The van der Waals surface area contributed by atoms with E-state index in [0.29, 0.717) is 0 Å². The Morgan fingerprint density at radius 1 is 1.00 bits per heavy atom. The standard InChI is InChI=1S/C10H10O/c1-2-4-9(5-3-1)6-7-10-8-11-10/h1-5,8H,6-7H2. The highest BCUT2D eigenvalue weighted by Crippen LogP contribution is 2.19. The molecule has 11 heavy (non-hydrogen) atoms. The summed E-state index contributed by atoms with van der Waals surface area (Å²) in [6.07, 6.45) is 3.94. The van der Waals surface area contributed by atoms with Crippen molar-refractivity contribution >= 4 is 0 Å². The van der Waals surface area contributed by atoms with Gasteiger partial charge >= 0.3 is 0 Å². The lowest BCUT2D eigenvalue weighted by molar-refractivity contribution is 0.482. The van der Waals surface area contributed by atoms with Gasteiger partial charge in [0.2, 0.25) is 0 Å². The normalized spacial score (nSPS) is 13.6. The van der Waals surface area contributed by atoms with Gasteiger partial charge < -0.3 is 4.74 Å². The molecule has 0 atom stereocenters. The molecule has 0 radical (unpaired) electrons. The van der Waals surface area contributed by atoms with Crippen molar-refractivity contribution in [1.29, 1.82) is 0 Å². The zero-order valence-electron chi connectivity index (χ0n) is 6.29. The van der Waals surface area contributed by atoms with E-state index in [1.807, 2.05) is 12.3 Å². The van der Waals surface area contributed by atoms with Crippen molar-refractivity contribution in [3.63, 3.8) is 0 Å². The van der Waals surface area contributed by atoms with Gasteiger partial charge in [-0.3, -0.25) is 0 Å². The lowest BCUT2D eigenvalue weighted by Crippen LogP contribution is -1.82. The van der Waals surface area contributed by atoms with Crippen molar-refractivity contribution in [3.8, 4) is 0 Å². The Hall–Kier alpha value is -1.24. The highest BCUT2D eigenvalue weighted by atomic mass is 16.5. The van der Waals surface area contributed by atoms with E-state index in [1.54, 1.807) is 0 Å². The first-order chi connectivity index (χ1) is 5.45. The van der Waals surface area contributed by atoms with Crippen LogP contribution >= 0.6 is 0 Å². The Kier molecular flexibility index (Phi) is 1.64. The summed E-state index contributed by atoms with van der Waals surface area (Å²) in [5, 5.41) is 0. The van der Waals surface area contributed by atoms with E-state index < -0.39 is 0 Å². The fourth-order valence-corrected chi connectivity index (χ4v) is 1.07. The average molecular weight is 146 g/mol. The molecule has 1 aromatic carbocycles. The minimum absolute atomic E-state index is 1.05. The minimum atomic E-state index is 1.05. The molecular formula is C10H10O. The molecule has 0 fully saturated rings. The van der Waals surface area contributed by atoms with Crippen molar-refractivity contribution in [3.05, 3.63) is 47.9 Å². The van der Waals surface area contributed by atoms with Crippen molar-refractivity contribution in [2.45, 2.75) is 12.8 Å². The molecule has 56 valence electrons. The molecule has 1 heterocycles. The summed E-state index contributed by atoms with van der Waals surface area (Å²) in [6, 6.07) is 10.5. The van der Waals surface area contributed by atoms with Gasteiger partial charge in [-0.1, -0.05) is 30.3 Å². The van der Waals surface area contributed by atoms with Crippen molar-refractivity contribution < 1.29 is 4.74 Å². The maximum atomic E-state index is 4.92. The first kappa shape index (κ1) is 6.47. The lowest BCUT2D eigenvalue weighted by Gasteiger charge is -1.95. The number of hydrogen-bond acceptors (Lipinski definition) is 1. The average Bonchev–Trinajstić information content (AvgIpc) is 2.86. The number of benzene rings is 1. The van der Waals surface area contributed by atoms with Crippen LogP contribution in [0.3, 0.4) is 0 Å². The maximum Gasteiger partial charge on any atom is 0.139 e. The number of aryl methyl sites for hydroxylation is 1. The quantitative estimate of drug-likeness (QED) is 0.638. The van der Waals surface area contributed by atoms with Crippen LogP contribution in [0.1, 0.15) is 12.0 Å². The van der Waals surface area contributed by atoms with E-state index in [9.17, 15) is 0 Å². The number of ether oxygens (including phenoxy) is 1. The third-order valence-electron chi connectivity index (χ3n) is 1.79. The smallest absolute Gasteiger partial charge is 0.139 e. The fraction of sp³-hybridized carbons (Fsp3) is 0.200. The molecule has 1 nitrogen and oxygen atoms in total. The molecule has 0 saturated carbocycles. The summed E-state index contributed by atoms with van der Waals surface area (Å²) < 4.78 is 4.92. The van der Waals surface area contributed by atoms with E-state index in [1.165, 1.54) is 5.56 Å². The van der Waals surface area contributed by atoms with Crippen LogP contribution in [0.5, 0.6) is 0 Å². The third-order valence-corrected chi connectivity index (χ3v) is 1.79. The minimum Gasteiger partial charge on any atom is -0.463 e. The summed E-state index contributed by atoms with van der Waals surface area (Å²) in [5.41, 5.74) is 1.38. The molecule has 0 amide bonds. The molecule has 1 aromatic rings. The molecule has 0 N–H and O–H groups in total. The van der Waals surface area contributed by atoms with Crippen LogP contribution < -0.4 is 0 Å². The first-order valence-corrected chi connectivity index (χ1v) is 3.85. The first-order valence-electron chi connectivity index (χ1n) is 3.85. The molecule has 0 bridgehead atoms. The molecular weight excluding hydrogens is 136 g/mol. The Morgan fingerprint density at radius 3 is 2.36 bits per heavy atom. The van der Waals surface area contributed by atoms with E-state index in [0.717, 1.165) is 18.6 Å². The van der Waals surface area contributed by atoms with E-state index in [-0.39, 0.29) is 0 Å². The fourth-order valence-electron chi connectivity index (χ4n) is 1.07. The highest BCUT2D eigenvalue weighted by Gasteiger charge is 2.08. The summed E-state index contributed by atoms with van der Waals surface area (Å²) in [6.45, 7) is 0. The SMILES string of the molecule is C1=C(CCc2ccccc2)O1. The molecule has 1 aliphatic rings. The molecule has 0 unspecified atom stereocenters. The van der Waals surface area contributed by atoms with Crippen LogP contribution in [0.25, 0.3) is 0 Å². The van der Waals surface area contributed by atoms with Gasteiger partial charge in [0.25, 0.3) is 0 Å². The molecule has 1 aliphatic heterocycles. The second-order valence-corrected chi connectivity index (χ2v) is 2.69. The van der Waals surface area contributed by atoms with E-state index in [4.69, 9.17) is 4.74 Å². The van der Waals surface area contributed by atoms with E-state index >= 15 is 0 Å². The predicted octanol–water partition coefficient (Wildman–Crippen LogP) is 2.49.